The van der Waals surface area contributed by atoms with Crippen molar-refractivity contribution in [3.8, 4) is 0 Å². The van der Waals surface area contributed by atoms with E-state index in [0.29, 0.717) is 17.1 Å². The molecule has 0 spiro atoms. The molecule has 2 unspecified atom stereocenters. The number of amides is 2. The molecule has 2 amide bonds. The summed E-state index contributed by atoms with van der Waals surface area (Å²) in [6, 6.07) is 2.58. The molecule has 3 rings (SSSR count). The maximum absolute atomic E-state index is 14.8. The van der Waals surface area contributed by atoms with Crippen molar-refractivity contribution in [1.29, 1.82) is 0 Å². The summed E-state index contributed by atoms with van der Waals surface area (Å²) in [4.78, 5) is 26.2. The number of rotatable bonds is 4. The lowest BCUT2D eigenvalue weighted by molar-refractivity contribution is -0.129. The van der Waals surface area contributed by atoms with Crippen molar-refractivity contribution in [2.24, 2.45) is 11.3 Å². The summed E-state index contributed by atoms with van der Waals surface area (Å²) in [5.74, 6) is -1.02. The van der Waals surface area contributed by atoms with Gasteiger partial charge in [-0.25, -0.2) is 4.39 Å². The number of nitrogens with zero attached hydrogens (tertiary/aromatic N) is 1. The highest BCUT2D eigenvalue weighted by Crippen LogP contribution is 2.49. The van der Waals surface area contributed by atoms with Crippen LogP contribution in [0.15, 0.2) is 12.1 Å². The van der Waals surface area contributed by atoms with Crippen LogP contribution in [-0.2, 0) is 9.59 Å². The van der Waals surface area contributed by atoms with Crippen molar-refractivity contribution in [3.63, 3.8) is 0 Å². The predicted molar refractivity (Wildman–Crippen MR) is 99.3 cm³/mol. The quantitative estimate of drug-likeness (QED) is 0.858. The van der Waals surface area contributed by atoms with Crippen LogP contribution in [0.25, 0.3) is 0 Å². The maximum Gasteiger partial charge on any atom is 0.225 e. The van der Waals surface area contributed by atoms with Crippen LogP contribution in [0, 0.1) is 24.1 Å². The Kier molecular flexibility index (Phi) is 5.29. The van der Waals surface area contributed by atoms with Gasteiger partial charge >= 0.3 is 0 Å². The summed E-state index contributed by atoms with van der Waals surface area (Å²) in [7, 11) is 1.70. The summed E-state index contributed by atoms with van der Waals surface area (Å²) in [6.45, 7) is 4.33. The zero-order chi connectivity index (χ0) is 19.1. The van der Waals surface area contributed by atoms with E-state index in [1.807, 2.05) is 6.92 Å². The Morgan fingerprint density at radius 3 is 2.62 bits per heavy atom. The summed E-state index contributed by atoms with van der Waals surface area (Å²) < 4.78 is 14.8. The summed E-state index contributed by atoms with van der Waals surface area (Å²) in [6.07, 6.45) is 4.13. The molecule has 142 valence electrons. The second-order valence-corrected chi connectivity index (χ2v) is 8.45. The number of likely N-dealkylation sites (tertiary alicyclic amines) is 1. The number of carbonyl (C=O) groups is 2. The first-order valence-electron chi connectivity index (χ1n) is 9.22. The van der Waals surface area contributed by atoms with Gasteiger partial charge in [0, 0.05) is 25.6 Å². The van der Waals surface area contributed by atoms with Gasteiger partial charge in [0.25, 0.3) is 0 Å². The Morgan fingerprint density at radius 2 is 2.04 bits per heavy atom. The largest absolute Gasteiger partial charge is 0.348 e. The molecule has 1 aliphatic heterocycles. The fraction of sp³-hybridized carbons (Fsp3) is 0.600. The SMILES string of the molecule is Cc1ccc(F)c(C(NC(=O)C2CC(=O)N(C)C2)C2(C)CCCC2)c1Cl. The van der Waals surface area contributed by atoms with Crippen LogP contribution in [0.5, 0.6) is 0 Å². The smallest absolute Gasteiger partial charge is 0.225 e. The van der Waals surface area contributed by atoms with Crippen LogP contribution in [0.2, 0.25) is 5.02 Å². The lowest BCUT2D eigenvalue weighted by Crippen LogP contribution is -2.42. The first-order valence-corrected chi connectivity index (χ1v) is 9.59. The molecule has 26 heavy (non-hydrogen) atoms. The topological polar surface area (TPSA) is 49.4 Å². The van der Waals surface area contributed by atoms with Crippen molar-refractivity contribution in [3.05, 3.63) is 34.1 Å². The van der Waals surface area contributed by atoms with Gasteiger partial charge in [-0.3, -0.25) is 9.59 Å². The molecule has 1 N–H and O–H groups in total. The van der Waals surface area contributed by atoms with Gasteiger partial charge in [0.2, 0.25) is 11.8 Å². The van der Waals surface area contributed by atoms with Gasteiger partial charge in [-0.2, -0.15) is 0 Å². The molecule has 1 saturated carbocycles. The Balaban J connectivity index is 1.94. The highest BCUT2D eigenvalue weighted by molar-refractivity contribution is 6.32. The van der Waals surface area contributed by atoms with E-state index < -0.39 is 17.8 Å². The van der Waals surface area contributed by atoms with E-state index in [1.54, 1.807) is 18.0 Å². The molecule has 0 bridgehead atoms. The minimum Gasteiger partial charge on any atom is -0.348 e. The number of carbonyl (C=O) groups excluding carboxylic acids is 2. The molecule has 1 aromatic rings. The van der Waals surface area contributed by atoms with Gasteiger partial charge in [-0.05, 0) is 36.8 Å². The fourth-order valence-electron chi connectivity index (χ4n) is 4.31. The van der Waals surface area contributed by atoms with Crippen molar-refractivity contribution in [2.75, 3.05) is 13.6 Å². The minimum atomic E-state index is -0.495. The molecule has 0 aromatic heterocycles. The first-order chi connectivity index (χ1) is 12.2. The lowest BCUT2D eigenvalue weighted by atomic mass is 9.76. The van der Waals surface area contributed by atoms with Crippen LogP contribution in [0.3, 0.4) is 0 Å². The number of hydrogen-bond acceptors (Lipinski definition) is 2. The minimum absolute atomic E-state index is 0.0338. The zero-order valence-corrected chi connectivity index (χ0v) is 16.3. The highest BCUT2D eigenvalue weighted by atomic mass is 35.5. The summed E-state index contributed by atoms with van der Waals surface area (Å²) >= 11 is 6.47. The van der Waals surface area contributed by atoms with Crippen LogP contribution >= 0.6 is 11.6 Å². The van der Waals surface area contributed by atoms with E-state index in [1.165, 1.54) is 6.07 Å². The van der Waals surface area contributed by atoms with E-state index in [4.69, 9.17) is 11.6 Å². The van der Waals surface area contributed by atoms with Crippen molar-refractivity contribution >= 4 is 23.4 Å². The third-order valence-corrected chi connectivity index (χ3v) is 6.55. The number of benzene rings is 1. The van der Waals surface area contributed by atoms with Crippen LogP contribution in [0.1, 0.15) is 56.2 Å². The molecule has 2 aliphatic rings. The number of aryl methyl sites for hydroxylation is 1. The summed E-state index contributed by atoms with van der Waals surface area (Å²) in [5.41, 5.74) is 0.921. The molecule has 1 heterocycles. The van der Waals surface area contributed by atoms with Gasteiger partial charge in [-0.15, -0.1) is 0 Å². The van der Waals surface area contributed by atoms with Gasteiger partial charge < -0.3 is 10.2 Å². The Labute approximate surface area is 159 Å². The predicted octanol–water partition coefficient (Wildman–Crippen LogP) is 4.00. The fourth-order valence-corrected chi connectivity index (χ4v) is 4.57. The van der Waals surface area contributed by atoms with E-state index in [9.17, 15) is 14.0 Å². The number of halogens is 2. The molecular weight excluding hydrogens is 355 g/mol. The lowest BCUT2D eigenvalue weighted by Gasteiger charge is -2.36. The van der Waals surface area contributed by atoms with Gasteiger partial charge in [0.05, 0.1) is 17.0 Å². The molecule has 6 heteroatoms. The maximum atomic E-state index is 14.8. The second-order valence-electron chi connectivity index (χ2n) is 8.07. The van der Waals surface area contributed by atoms with E-state index in [-0.39, 0.29) is 23.7 Å². The van der Waals surface area contributed by atoms with E-state index in [2.05, 4.69) is 12.2 Å². The Hall–Kier alpha value is -1.62. The molecule has 0 radical (unpaired) electrons. The van der Waals surface area contributed by atoms with Crippen molar-refractivity contribution in [2.45, 2.75) is 52.0 Å². The molecule has 2 atom stereocenters. The average Bonchev–Trinajstić information content (AvgIpc) is 3.17. The highest BCUT2D eigenvalue weighted by Gasteiger charge is 2.43. The Morgan fingerprint density at radius 1 is 1.38 bits per heavy atom. The zero-order valence-electron chi connectivity index (χ0n) is 15.6. The molecule has 2 fully saturated rings. The molecule has 1 aliphatic carbocycles. The second kappa shape index (κ2) is 7.18. The van der Waals surface area contributed by atoms with Gasteiger partial charge in [0.1, 0.15) is 5.82 Å². The standard InChI is InChI=1S/C20H26ClFN2O2/c1-12-6-7-14(22)16(17(12)21)18(20(2)8-4-5-9-20)23-19(26)13-10-15(25)24(3)11-13/h6-7,13,18H,4-5,8-11H2,1-3H3,(H,23,26). The third kappa shape index (κ3) is 3.46. The van der Waals surface area contributed by atoms with E-state index in [0.717, 1.165) is 31.2 Å². The molecular formula is C20H26ClFN2O2. The van der Waals surface area contributed by atoms with Crippen molar-refractivity contribution in [1.82, 2.24) is 10.2 Å². The number of nitrogens with one attached hydrogen (secondary N) is 1. The molecule has 1 aromatic carbocycles. The van der Waals surface area contributed by atoms with Gasteiger partial charge in [-0.1, -0.05) is 37.4 Å². The van der Waals surface area contributed by atoms with Gasteiger partial charge in [0.15, 0.2) is 0 Å². The van der Waals surface area contributed by atoms with Crippen LogP contribution in [0.4, 0.5) is 4.39 Å². The van der Waals surface area contributed by atoms with Crippen LogP contribution in [-0.4, -0.2) is 30.3 Å². The van der Waals surface area contributed by atoms with E-state index >= 15 is 0 Å². The molecule has 1 saturated heterocycles. The number of hydrogen-bond donors (Lipinski definition) is 1. The molecule has 4 nitrogen and oxygen atoms in total. The summed E-state index contributed by atoms with van der Waals surface area (Å²) in [5, 5.41) is 3.44. The van der Waals surface area contributed by atoms with Crippen molar-refractivity contribution < 1.29 is 14.0 Å². The Bertz CT molecular complexity index is 731. The normalized spacial score (nSPS) is 23.3. The average molecular weight is 381 g/mol. The third-order valence-electron chi connectivity index (χ3n) is 6.05. The monoisotopic (exact) mass is 380 g/mol. The van der Waals surface area contributed by atoms with Crippen LogP contribution < -0.4 is 5.32 Å². The first kappa shape index (κ1) is 19.2.